The second kappa shape index (κ2) is 9.19. The lowest BCUT2D eigenvalue weighted by molar-refractivity contribution is 0.374. The number of aryl methyl sites for hydroxylation is 1. The van der Waals surface area contributed by atoms with Crippen molar-refractivity contribution in [3.8, 4) is 0 Å². The van der Waals surface area contributed by atoms with E-state index in [-0.39, 0.29) is 0 Å². The average Bonchev–Trinajstić information content (AvgIpc) is 2.97. The first kappa shape index (κ1) is 17.3. The van der Waals surface area contributed by atoms with Crippen LogP contribution in [-0.2, 0) is 6.42 Å². The zero-order valence-electron chi connectivity index (χ0n) is 13.7. The molecule has 0 aliphatic heterocycles. The smallest absolute Gasteiger partial charge is 0.228 e. The predicted octanol–water partition coefficient (Wildman–Crippen LogP) is 2.27. The zero-order valence-corrected chi connectivity index (χ0v) is 14.6. The number of rotatable bonds is 7. The third kappa shape index (κ3) is 6.32. The second-order valence-corrected chi connectivity index (χ2v) is 6.62. The fourth-order valence-corrected chi connectivity index (χ4v) is 2.91. The molecule has 0 amide bonds. The number of nitrogens with one attached hydrogen (secondary N) is 2. The van der Waals surface area contributed by atoms with Crippen molar-refractivity contribution < 1.29 is 4.52 Å². The van der Waals surface area contributed by atoms with Crippen LogP contribution in [0.4, 0.5) is 0 Å². The molecule has 0 fully saturated rings. The third-order valence-corrected chi connectivity index (χ3v) is 4.18. The van der Waals surface area contributed by atoms with Crippen molar-refractivity contribution in [2.45, 2.75) is 30.4 Å². The van der Waals surface area contributed by atoms with E-state index in [1.54, 1.807) is 7.05 Å². The molecule has 0 aliphatic rings. The van der Waals surface area contributed by atoms with Gasteiger partial charge >= 0.3 is 0 Å². The molecule has 124 valence electrons. The molecule has 0 radical (unpaired) electrons. The Balaban J connectivity index is 1.68. The van der Waals surface area contributed by atoms with Gasteiger partial charge in [0.1, 0.15) is 0 Å². The SMILES string of the molecule is CN=C(NCCc1nc(C)no1)NCC(C)Sc1ccccc1. The Hall–Kier alpha value is -2.02. The molecule has 7 heteroatoms. The molecule has 1 aromatic carbocycles. The minimum absolute atomic E-state index is 0.439. The van der Waals surface area contributed by atoms with E-state index in [0.717, 1.165) is 12.5 Å². The largest absolute Gasteiger partial charge is 0.356 e. The van der Waals surface area contributed by atoms with Gasteiger partial charge < -0.3 is 15.2 Å². The molecule has 0 bridgehead atoms. The van der Waals surface area contributed by atoms with Gasteiger partial charge in [-0.25, -0.2) is 0 Å². The molecule has 1 heterocycles. The van der Waals surface area contributed by atoms with Crippen LogP contribution in [-0.4, -0.2) is 41.5 Å². The maximum atomic E-state index is 5.08. The Bertz CT molecular complexity index is 614. The Morgan fingerprint density at radius 1 is 1.30 bits per heavy atom. The van der Waals surface area contributed by atoms with E-state index >= 15 is 0 Å². The molecule has 1 aromatic heterocycles. The van der Waals surface area contributed by atoms with Crippen LogP contribution in [0.1, 0.15) is 18.6 Å². The first-order chi connectivity index (χ1) is 11.2. The topological polar surface area (TPSA) is 75.3 Å². The summed E-state index contributed by atoms with van der Waals surface area (Å²) in [6, 6.07) is 10.4. The Morgan fingerprint density at radius 3 is 2.74 bits per heavy atom. The van der Waals surface area contributed by atoms with Crippen molar-refractivity contribution in [2.24, 2.45) is 4.99 Å². The average molecular weight is 333 g/mol. The van der Waals surface area contributed by atoms with Gasteiger partial charge in [-0.3, -0.25) is 4.99 Å². The van der Waals surface area contributed by atoms with E-state index in [9.17, 15) is 0 Å². The van der Waals surface area contributed by atoms with Crippen molar-refractivity contribution in [1.29, 1.82) is 0 Å². The Morgan fingerprint density at radius 2 is 2.09 bits per heavy atom. The second-order valence-electron chi connectivity index (χ2n) is 5.11. The van der Waals surface area contributed by atoms with Gasteiger partial charge in [0.15, 0.2) is 11.8 Å². The Kier molecular flexibility index (Phi) is 6.93. The van der Waals surface area contributed by atoms with Crippen LogP contribution in [0.5, 0.6) is 0 Å². The van der Waals surface area contributed by atoms with E-state index in [4.69, 9.17) is 4.52 Å². The van der Waals surface area contributed by atoms with Crippen LogP contribution in [0, 0.1) is 6.92 Å². The van der Waals surface area contributed by atoms with Crippen molar-refractivity contribution in [3.63, 3.8) is 0 Å². The minimum atomic E-state index is 0.439. The fourth-order valence-electron chi connectivity index (χ4n) is 1.96. The lowest BCUT2D eigenvalue weighted by Gasteiger charge is -2.15. The number of hydrogen-bond donors (Lipinski definition) is 2. The van der Waals surface area contributed by atoms with Crippen LogP contribution in [0.25, 0.3) is 0 Å². The summed E-state index contributed by atoms with van der Waals surface area (Å²) in [5.74, 6) is 2.08. The highest BCUT2D eigenvalue weighted by Crippen LogP contribution is 2.21. The number of hydrogen-bond acceptors (Lipinski definition) is 5. The standard InChI is InChI=1S/C16H23N5OS/c1-12(23-14-7-5-4-6-8-14)11-19-16(17-3)18-10-9-15-20-13(2)21-22-15/h4-8,12H,9-11H2,1-3H3,(H2,17,18,19). The van der Waals surface area contributed by atoms with E-state index in [1.807, 2.05) is 24.8 Å². The molecule has 0 spiro atoms. The van der Waals surface area contributed by atoms with E-state index < -0.39 is 0 Å². The molecule has 23 heavy (non-hydrogen) atoms. The van der Waals surface area contributed by atoms with Crippen LogP contribution in [0.15, 0.2) is 44.7 Å². The summed E-state index contributed by atoms with van der Waals surface area (Å²) in [5, 5.41) is 10.8. The van der Waals surface area contributed by atoms with Crippen molar-refractivity contribution >= 4 is 17.7 Å². The maximum absolute atomic E-state index is 5.08. The number of aromatic nitrogens is 2. The van der Waals surface area contributed by atoms with Gasteiger partial charge in [0.2, 0.25) is 5.89 Å². The summed E-state index contributed by atoms with van der Waals surface area (Å²) in [7, 11) is 1.77. The van der Waals surface area contributed by atoms with Crippen LogP contribution in [0.2, 0.25) is 0 Å². The molecule has 2 rings (SSSR count). The lowest BCUT2D eigenvalue weighted by atomic mass is 10.4. The molecular formula is C16H23N5OS. The van der Waals surface area contributed by atoms with Gasteiger partial charge in [-0.15, -0.1) is 11.8 Å². The van der Waals surface area contributed by atoms with Gasteiger partial charge in [-0.1, -0.05) is 30.3 Å². The number of thioether (sulfide) groups is 1. The van der Waals surface area contributed by atoms with Gasteiger partial charge in [0.25, 0.3) is 0 Å². The normalized spacial score (nSPS) is 12.9. The third-order valence-electron chi connectivity index (χ3n) is 3.06. The highest BCUT2D eigenvalue weighted by Gasteiger charge is 2.07. The van der Waals surface area contributed by atoms with Gasteiger partial charge in [0, 0.05) is 36.7 Å². The molecule has 0 saturated heterocycles. The van der Waals surface area contributed by atoms with E-state index in [0.29, 0.717) is 29.9 Å². The number of guanidine groups is 1. The summed E-state index contributed by atoms with van der Waals surface area (Å²) >= 11 is 1.84. The highest BCUT2D eigenvalue weighted by atomic mass is 32.2. The first-order valence-corrected chi connectivity index (χ1v) is 8.50. The molecule has 0 aliphatic carbocycles. The summed E-state index contributed by atoms with van der Waals surface area (Å²) in [5.41, 5.74) is 0. The molecule has 6 nitrogen and oxygen atoms in total. The first-order valence-electron chi connectivity index (χ1n) is 7.63. The quantitative estimate of drug-likeness (QED) is 0.460. The number of nitrogens with zero attached hydrogens (tertiary/aromatic N) is 3. The highest BCUT2D eigenvalue weighted by molar-refractivity contribution is 8.00. The molecule has 1 atom stereocenters. The maximum Gasteiger partial charge on any atom is 0.228 e. The van der Waals surface area contributed by atoms with Gasteiger partial charge in [0.05, 0.1) is 0 Å². The fraction of sp³-hybridized carbons (Fsp3) is 0.438. The summed E-state index contributed by atoms with van der Waals surface area (Å²) in [6.45, 7) is 5.53. The summed E-state index contributed by atoms with van der Waals surface area (Å²) in [6.07, 6.45) is 0.676. The monoisotopic (exact) mass is 333 g/mol. The molecule has 2 N–H and O–H groups in total. The predicted molar refractivity (Wildman–Crippen MR) is 93.9 cm³/mol. The van der Waals surface area contributed by atoms with Gasteiger partial charge in [-0.2, -0.15) is 4.98 Å². The minimum Gasteiger partial charge on any atom is -0.356 e. The molecule has 0 saturated carbocycles. The van der Waals surface area contributed by atoms with Gasteiger partial charge in [-0.05, 0) is 19.1 Å². The van der Waals surface area contributed by atoms with Crippen LogP contribution in [0.3, 0.4) is 0 Å². The molecular weight excluding hydrogens is 310 g/mol. The van der Waals surface area contributed by atoms with Crippen molar-refractivity contribution in [1.82, 2.24) is 20.8 Å². The van der Waals surface area contributed by atoms with Crippen LogP contribution >= 0.6 is 11.8 Å². The molecule has 1 unspecified atom stereocenters. The molecule has 2 aromatic rings. The van der Waals surface area contributed by atoms with Crippen molar-refractivity contribution in [3.05, 3.63) is 42.0 Å². The van der Waals surface area contributed by atoms with E-state index in [2.05, 4.69) is 57.0 Å². The lowest BCUT2D eigenvalue weighted by Crippen LogP contribution is -2.40. The van der Waals surface area contributed by atoms with E-state index in [1.165, 1.54) is 4.90 Å². The van der Waals surface area contributed by atoms with Crippen LogP contribution < -0.4 is 10.6 Å². The Labute approximate surface area is 141 Å². The number of aliphatic imine (C=N–C) groups is 1. The summed E-state index contributed by atoms with van der Waals surface area (Å²) in [4.78, 5) is 9.67. The van der Waals surface area contributed by atoms with Crippen molar-refractivity contribution in [2.75, 3.05) is 20.1 Å². The number of benzene rings is 1. The summed E-state index contributed by atoms with van der Waals surface area (Å²) < 4.78 is 5.08. The zero-order chi connectivity index (χ0) is 16.5.